The highest BCUT2D eigenvalue weighted by atomic mass is 32.1. The topological polar surface area (TPSA) is 88.3 Å². The molecule has 166 valence electrons. The van der Waals surface area contributed by atoms with Crippen LogP contribution in [0.2, 0.25) is 0 Å². The largest absolute Gasteiger partial charge is 0.303 e. The number of alkyl halides is 2. The van der Waals surface area contributed by atoms with E-state index in [0.717, 1.165) is 62.3 Å². The molecule has 31 heavy (non-hydrogen) atoms. The lowest BCUT2D eigenvalue weighted by atomic mass is 9.91. The van der Waals surface area contributed by atoms with Crippen LogP contribution in [0.5, 0.6) is 0 Å². The van der Waals surface area contributed by atoms with Crippen LogP contribution in [-0.4, -0.2) is 55.0 Å². The third kappa shape index (κ3) is 5.40. The first-order chi connectivity index (χ1) is 15.0. The number of hydrogen-bond donors (Lipinski definition) is 1. The fraction of sp³-hybridized carbons (Fsp3) is 0.550. The summed E-state index contributed by atoms with van der Waals surface area (Å²) in [6.45, 7) is 4.33. The van der Waals surface area contributed by atoms with Gasteiger partial charge in [0.05, 0.1) is 5.69 Å². The summed E-state index contributed by atoms with van der Waals surface area (Å²) in [5.74, 6) is 0.283. The van der Waals surface area contributed by atoms with Crippen LogP contribution in [0.25, 0.3) is 5.78 Å². The molecule has 1 aliphatic rings. The number of carbonyl (C=O) groups excluding carboxylic acids is 1. The van der Waals surface area contributed by atoms with Crippen molar-refractivity contribution in [1.82, 2.24) is 29.5 Å². The van der Waals surface area contributed by atoms with Gasteiger partial charge >= 0.3 is 0 Å². The summed E-state index contributed by atoms with van der Waals surface area (Å²) < 4.78 is 28.2. The number of anilines is 1. The maximum absolute atomic E-state index is 13.3. The van der Waals surface area contributed by atoms with Gasteiger partial charge in [-0.15, -0.1) is 11.3 Å². The number of rotatable bonds is 6. The van der Waals surface area contributed by atoms with Gasteiger partial charge in [-0.2, -0.15) is 10.1 Å². The van der Waals surface area contributed by atoms with E-state index in [0.29, 0.717) is 5.13 Å². The quantitative estimate of drug-likeness (QED) is 0.618. The highest BCUT2D eigenvalue weighted by Crippen LogP contribution is 2.30. The van der Waals surface area contributed by atoms with Crippen LogP contribution in [-0.2, 0) is 11.2 Å². The molecule has 0 aromatic carbocycles. The summed E-state index contributed by atoms with van der Waals surface area (Å²) in [6.07, 6.45) is 5.23. The summed E-state index contributed by atoms with van der Waals surface area (Å²) in [7, 11) is 0. The van der Waals surface area contributed by atoms with Crippen molar-refractivity contribution in [2.45, 2.75) is 51.4 Å². The third-order valence-electron chi connectivity index (χ3n) is 5.51. The smallest absolute Gasteiger partial charge is 0.280 e. The molecule has 1 saturated heterocycles. The van der Waals surface area contributed by atoms with Crippen molar-refractivity contribution in [3.8, 4) is 0 Å². The first kappa shape index (κ1) is 21.7. The van der Waals surface area contributed by atoms with Crippen molar-refractivity contribution < 1.29 is 13.6 Å². The molecule has 1 fully saturated rings. The summed E-state index contributed by atoms with van der Waals surface area (Å²) in [5.41, 5.74) is 0.545. The Bertz CT molecular complexity index is 1030. The minimum Gasteiger partial charge on any atom is -0.303 e. The lowest BCUT2D eigenvalue weighted by Gasteiger charge is -2.28. The van der Waals surface area contributed by atoms with Crippen molar-refractivity contribution in [3.63, 3.8) is 0 Å². The van der Waals surface area contributed by atoms with Gasteiger partial charge in [0, 0.05) is 30.5 Å². The molecule has 3 aromatic rings. The number of thiazole rings is 1. The minimum absolute atomic E-state index is 0.114. The number of aromatic nitrogens is 5. The van der Waals surface area contributed by atoms with E-state index < -0.39 is 6.43 Å². The molecule has 3 aromatic heterocycles. The Hall–Kier alpha value is -2.53. The van der Waals surface area contributed by atoms with Gasteiger partial charge in [0.15, 0.2) is 5.13 Å². The Morgan fingerprint density at radius 1 is 1.29 bits per heavy atom. The number of hydrogen-bond acceptors (Lipinski definition) is 7. The van der Waals surface area contributed by atoms with E-state index in [1.807, 2.05) is 6.20 Å². The van der Waals surface area contributed by atoms with Crippen LogP contribution >= 0.6 is 11.3 Å². The molecule has 4 heterocycles. The van der Waals surface area contributed by atoms with Gasteiger partial charge < -0.3 is 10.2 Å². The third-order valence-corrected chi connectivity index (χ3v) is 6.48. The monoisotopic (exact) mass is 449 g/mol. The van der Waals surface area contributed by atoms with Gasteiger partial charge in [0.25, 0.3) is 12.2 Å². The van der Waals surface area contributed by atoms with E-state index in [2.05, 4.69) is 30.3 Å². The number of halogens is 2. The molecule has 0 atom stereocenters. The van der Waals surface area contributed by atoms with Crippen LogP contribution in [0, 0.1) is 0 Å². The molecule has 0 bridgehead atoms. The molecule has 1 aliphatic heterocycles. The first-order valence-electron chi connectivity index (χ1n) is 10.4. The Balaban J connectivity index is 1.35. The zero-order valence-corrected chi connectivity index (χ0v) is 18.1. The molecule has 8 nitrogen and oxygen atoms in total. The fourth-order valence-corrected chi connectivity index (χ4v) is 4.90. The van der Waals surface area contributed by atoms with Gasteiger partial charge in [0.2, 0.25) is 5.91 Å². The molecular weight excluding hydrogens is 424 g/mol. The highest BCUT2D eigenvalue weighted by Gasteiger charge is 2.23. The lowest BCUT2D eigenvalue weighted by molar-refractivity contribution is -0.114. The zero-order chi connectivity index (χ0) is 21.8. The number of amides is 1. The molecule has 11 heteroatoms. The van der Waals surface area contributed by atoms with Gasteiger partial charge in [-0.25, -0.2) is 23.3 Å². The van der Waals surface area contributed by atoms with E-state index in [1.54, 1.807) is 4.52 Å². The molecule has 0 unspecified atom stereocenters. The highest BCUT2D eigenvalue weighted by molar-refractivity contribution is 7.15. The van der Waals surface area contributed by atoms with Crippen LogP contribution < -0.4 is 5.32 Å². The summed E-state index contributed by atoms with van der Waals surface area (Å²) in [6, 6.07) is 1.49. The van der Waals surface area contributed by atoms with Gasteiger partial charge in [-0.1, -0.05) is 0 Å². The molecule has 1 amide bonds. The number of likely N-dealkylation sites (tertiary alicyclic amines) is 1. The second-order valence-corrected chi connectivity index (χ2v) is 8.88. The SMILES string of the molecule is CC(=O)Nc1ncc(CCN2CCCC(c3cc(C(F)F)nc4ncnn34)CCC2)s1. The van der Waals surface area contributed by atoms with Crippen LogP contribution in [0.4, 0.5) is 13.9 Å². The molecule has 4 rings (SSSR count). The molecule has 0 saturated carbocycles. The Morgan fingerprint density at radius 3 is 2.77 bits per heavy atom. The standard InChI is InChI=1S/C20H25F2N7OS/c1-13(30)26-20-23-11-15(31-20)6-9-28-7-2-4-14(5-3-8-28)17-10-16(18(21)22)27-19-24-12-25-29(17)19/h10-12,14,18H,2-9H2,1H3,(H,23,26,30). The van der Waals surface area contributed by atoms with E-state index in [-0.39, 0.29) is 23.3 Å². The number of nitrogens with one attached hydrogen (secondary N) is 1. The van der Waals surface area contributed by atoms with Crippen molar-refractivity contribution in [2.24, 2.45) is 0 Å². The van der Waals surface area contributed by atoms with Gasteiger partial charge in [-0.05, 0) is 51.3 Å². The predicted molar refractivity (Wildman–Crippen MR) is 114 cm³/mol. The van der Waals surface area contributed by atoms with Crippen LogP contribution in [0.1, 0.15) is 61.2 Å². The maximum atomic E-state index is 13.3. The molecule has 0 radical (unpaired) electrons. The van der Waals surface area contributed by atoms with Crippen molar-refractivity contribution >= 4 is 28.2 Å². The summed E-state index contributed by atoms with van der Waals surface area (Å²) in [5, 5.41) is 7.56. The summed E-state index contributed by atoms with van der Waals surface area (Å²) >= 11 is 1.51. The molecule has 0 spiro atoms. The second-order valence-electron chi connectivity index (χ2n) is 7.76. The lowest BCUT2D eigenvalue weighted by Crippen LogP contribution is -2.30. The Morgan fingerprint density at radius 2 is 2.06 bits per heavy atom. The second kappa shape index (κ2) is 9.73. The summed E-state index contributed by atoms with van der Waals surface area (Å²) in [4.78, 5) is 26.9. The van der Waals surface area contributed by atoms with Gasteiger partial charge in [0.1, 0.15) is 12.0 Å². The number of carbonyl (C=O) groups is 1. The molecule has 0 aliphatic carbocycles. The molecule has 1 N–H and O–H groups in total. The normalized spacial score (nSPS) is 16.5. The first-order valence-corrected chi connectivity index (χ1v) is 11.2. The number of fused-ring (bicyclic) bond motifs is 1. The minimum atomic E-state index is -2.62. The Labute approximate surface area is 182 Å². The molecular formula is C20H25F2N7OS. The van der Waals surface area contributed by atoms with E-state index in [1.165, 1.54) is 30.7 Å². The van der Waals surface area contributed by atoms with E-state index in [4.69, 9.17) is 0 Å². The fourth-order valence-electron chi connectivity index (χ4n) is 4.05. The zero-order valence-electron chi connectivity index (χ0n) is 17.3. The van der Waals surface area contributed by atoms with Crippen molar-refractivity contribution in [1.29, 1.82) is 0 Å². The van der Waals surface area contributed by atoms with E-state index in [9.17, 15) is 13.6 Å². The van der Waals surface area contributed by atoms with Gasteiger partial charge in [-0.3, -0.25) is 4.79 Å². The van der Waals surface area contributed by atoms with Crippen LogP contribution in [0.15, 0.2) is 18.6 Å². The maximum Gasteiger partial charge on any atom is 0.280 e. The predicted octanol–water partition coefficient (Wildman–Crippen LogP) is 3.68. The number of nitrogens with zero attached hydrogens (tertiary/aromatic N) is 6. The average molecular weight is 450 g/mol. The average Bonchev–Trinajstić information content (AvgIpc) is 3.35. The van der Waals surface area contributed by atoms with E-state index >= 15 is 0 Å². The van der Waals surface area contributed by atoms with Crippen molar-refractivity contribution in [2.75, 3.05) is 25.0 Å². The Kier molecular flexibility index (Phi) is 6.81. The van der Waals surface area contributed by atoms with Crippen molar-refractivity contribution in [3.05, 3.63) is 34.9 Å². The van der Waals surface area contributed by atoms with Crippen LogP contribution in [0.3, 0.4) is 0 Å².